The van der Waals surface area contributed by atoms with Gasteiger partial charge in [0.1, 0.15) is 0 Å². The van der Waals surface area contributed by atoms with Crippen LogP contribution in [0.3, 0.4) is 0 Å². The van der Waals surface area contributed by atoms with Crippen LogP contribution in [0.5, 0.6) is 0 Å². The number of carbonyl (C=O) groups is 2. The molecule has 1 aromatic carbocycles. The van der Waals surface area contributed by atoms with Crippen LogP contribution < -0.4 is 4.90 Å². The third-order valence-corrected chi connectivity index (χ3v) is 2.32. The van der Waals surface area contributed by atoms with E-state index < -0.39 is 11.7 Å². The summed E-state index contributed by atoms with van der Waals surface area (Å²) in [7, 11) is 1.61. The second-order valence-electron chi connectivity index (χ2n) is 3.71. The maximum absolute atomic E-state index is 11.5. The third-order valence-electron chi connectivity index (χ3n) is 2.32. The Morgan fingerprint density at radius 1 is 1.20 bits per heavy atom. The normalized spacial score (nSPS) is 9.87. The van der Waals surface area contributed by atoms with E-state index in [-0.39, 0.29) is 0 Å². The zero-order valence-corrected chi connectivity index (χ0v) is 9.50. The summed E-state index contributed by atoms with van der Waals surface area (Å²) in [5.41, 5.74) is 2.91. The molecular formula is C12H15NO2. The van der Waals surface area contributed by atoms with Gasteiger partial charge >= 0.3 is 0 Å². The fourth-order valence-corrected chi connectivity index (χ4v) is 1.53. The van der Waals surface area contributed by atoms with Gasteiger partial charge in [0.15, 0.2) is 0 Å². The smallest absolute Gasteiger partial charge is 0.293 e. The Bertz CT molecular complexity index is 410. The fraction of sp³-hybridized carbons (Fsp3) is 0.333. The Labute approximate surface area is 89.7 Å². The van der Waals surface area contributed by atoms with Crippen molar-refractivity contribution in [3.05, 3.63) is 29.3 Å². The molecule has 1 aromatic rings. The van der Waals surface area contributed by atoms with Crippen molar-refractivity contribution in [2.24, 2.45) is 0 Å². The average Bonchev–Trinajstić information content (AvgIpc) is 2.15. The van der Waals surface area contributed by atoms with Crippen LogP contribution in [0.1, 0.15) is 18.1 Å². The van der Waals surface area contributed by atoms with Gasteiger partial charge in [0.25, 0.3) is 5.91 Å². The summed E-state index contributed by atoms with van der Waals surface area (Å²) in [4.78, 5) is 23.8. The van der Waals surface area contributed by atoms with Gasteiger partial charge in [0.2, 0.25) is 5.78 Å². The highest BCUT2D eigenvalue weighted by atomic mass is 16.2. The number of anilines is 1. The maximum Gasteiger partial charge on any atom is 0.293 e. The molecule has 80 valence electrons. The average molecular weight is 205 g/mol. The molecule has 1 rings (SSSR count). The molecule has 0 aliphatic heterocycles. The molecule has 0 heterocycles. The lowest BCUT2D eigenvalue weighted by Crippen LogP contribution is -2.32. The van der Waals surface area contributed by atoms with E-state index in [9.17, 15) is 9.59 Å². The van der Waals surface area contributed by atoms with Gasteiger partial charge in [-0.15, -0.1) is 0 Å². The van der Waals surface area contributed by atoms with Crippen molar-refractivity contribution in [2.45, 2.75) is 20.8 Å². The van der Waals surface area contributed by atoms with Gasteiger partial charge in [-0.25, -0.2) is 0 Å². The topological polar surface area (TPSA) is 37.4 Å². The van der Waals surface area contributed by atoms with Gasteiger partial charge < -0.3 is 4.90 Å². The van der Waals surface area contributed by atoms with Crippen LogP contribution in [0.4, 0.5) is 5.69 Å². The predicted octanol–water partition coefficient (Wildman–Crippen LogP) is 1.86. The van der Waals surface area contributed by atoms with Crippen molar-refractivity contribution in [1.29, 1.82) is 0 Å². The molecule has 3 heteroatoms. The molecule has 0 saturated heterocycles. The molecule has 0 radical (unpaired) electrons. The predicted molar refractivity (Wildman–Crippen MR) is 60.0 cm³/mol. The molecule has 0 aromatic heterocycles. The van der Waals surface area contributed by atoms with E-state index in [0.717, 1.165) is 16.8 Å². The van der Waals surface area contributed by atoms with Crippen LogP contribution in [-0.4, -0.2) is 18.7 Å². The van der Waals surface area contributed by atoms with Gasteiger partial charge in [-0.1, -0.05) is 17.7 Å². The molecule has 0 unspecified atom stereocenters. The highest BCUT2D eigenvalue weighted by Gasteiger charge is 2.16. The minimum atomic E-state index is -0.484. The van der Waals surface area contributed by atoms with Gasteiger partial charge in [0.05, 0.1) is 0 Å². The van der Waals surface area contributed by atoms with Crippen LogP contribution in [0, 0.1) is 13.8 Å². The zero-order valence-electron chi connectivity index (χ0n) is 9.50. The number of hydrogen-bond donors (Lipinski definition) is 0. The monoisotopic (exact) mass is 205 g/mol. The Morgan fingerprint density at radius 2 is 1.80 bits per heavy atom. The largest absolute Gasteiger partial charge is 0.309 e. The molecule has 1 amide bonds. The summed E-state index contributed by atoms with van der Waals surface area (Å²) in [6.07, 6.45) is 0. The molecule has 0 spiro atoms. The number of rotatable bonds is 2. The number of aryl methyl sites for hydroxylation is 2. The van der Waals surface area contributed by atoms with Crippen molar-refractivity contribution in [3.63, 3.8) is 0 Å². The molecule has 0 aliphatic carbocycles. The van der Waals surface area contributed by atoms with E-state index in [1.165, 1.54) is 11.8 Å². The number of Topliss-reactive ketones (excluding diaryl/α,β-unsaturated/α-hetero) is 1. The summed E-state index contributed by atoms with van der Waals surface area (Å²) >= 11 is 0. The van der Waals surface area contributed by atoms with Gasteiger partial charge in [0, 0.05) is 19.7 Å². The van der Waals surface area contributed by atoms with Crippen molar-refractivity contribution in [1.82, 2.24) is 0 Å². The van der Waals surface area contributed by atoms with E-state index in [4.69, 9.17) is 0 Å². The SMILES string of the molecule is CC(=O)C(=O)N(C)c1ccc(C)cc1C. The van der Waals surface area contributed by atoms with Crippen LogP contribution in [0.15, 0.2) is 18.2 Å². The lowest BCUT2D eigenvalue weighted by Gasteiger charge is -2.18. The van der Waals surface area contributed by atoms with Gasteiger partial charge in [-0.2, -0.15) is 0 Å². The molecule has 0 atom stereocenters. The maximum atomic E-state index is 11.5. The van der Waals surface area contributed by atoms with Crippen LogP contribution >= 0.6 is 0 Å². The summed E-state index contributed by atoms with van der Waals surface area (Å²) in [6.45, 7) is 5.19. The molecule has 0 bridgehead atoms. The van der Waals surface area contributed by atoms with Crippen molar-refractivity contribution in [3.8, 4) is 0 Å². The molecule has 0 fully saturated rings. The van der Waals surface area contributed by atoms with E-state index in [0.29, 0.717) is 0 Å². The van der Waals surface area contributed by atoms with Crippen LogP contribution in [0.2, 0.25) is 0 Å². The Morgan fingerprint density at radius 3 is 2.27 bits per heavy atom. The minimum Gasteiger partial charge on any atom is -0.309 e. The Hall–Kier alpha value is -1.64. The van der Waals surface area contributed by atoms with Crippen molar-refractivity contribution in [2.75, 3.05) is 11.9 Å². The number of carbonyl (C=O) groups excluding carboxylic acids is 2. The molecular weight excluding hydrogens is 190 g/mol. The molecule has 0 aliphatic rings. The highest BCUT2D eigenvalue weighted by molar-refractivity contribution is 6.40. The number of ketones is 1. The second-order valence-corrected chi connectivity index (χ2v) is 3.71. The van der Waals surface area contributed by atoms with Crippen molar-refractivity contribution >= 4 is 17.4 Å². The standard InChI is InChI=1S/C12H15NO2/c1-8-5-6-11(9(2)7-8)13(4)12(15)10(3)14/h5-7H,1-4H3. The Balaban J connectivity index is 3.06. The van der Waals surface area contributed by atoms with Crippen molar-refractivity contribution < 1.29 is 9.59 Å². The number of benzene rings is 1. The van der Waals surface area contributed by atoms with E-state index in [2.05, 4.69) is 0 Å². The first kappa shape index (κ1) is 11.4. The van der Waals surface area contributed by atoms with Gasteiger partial charge in [-0.05, 0) is 25.5 Å². The van der Waals surface area contributed by atoms with E-state index in [1.54, 1.807) is 7.05 Å². The number of hydrogen-bond acceptors (Lipinski definition) is 2. The number of amides is 1. The number of nitrogens with zero attached hydrogens (tertiary/aromatic N) is 1. The first-order chi connectivity index (χ1) is 6.93. The van der Waals surface area contributed by atoms with E-state index in [1.807, 2.05) is 32.0 Å². The minimum absolute atomic E-state index is 0.447. The summed E-state index contributed by atoms with van der Waals surface area (Å²) in [5.74, 6) is -0.931. The first-order valence-electron chi connectivity index (χ1n) is 4.79. The second kappa shape index (κ2) is 4.26. The highest BCUT2D eigenvalue weighted by Crippen LogP contribution is 2.19. The molecule has 15 heavy (non-hydrogen) atoms. The lowest BCUT2D eigenvalue weighted by atomic mass is 10.1. The zero-order chi connectivity index (χ0) is 11.6. The molecule has 0 saturated carbocycles. The Kier molecular flexibility index (Phi) is 3.24. The number of likely N-dealkylation sites (N-methyl/N-ethyl adjacent to an activating group) is 1. The van der Waals surface area contributed by atoms with Crippen LogP contribution in [0.25, 0.3) is 0 Å². The summed E-state index contributed by atoms with van der Waals surface area (Å²) in [6, 6.07) is 5.76. The van der Waals surface area contributed by atoms with Crippen LogP contribution in [-0.2, 0) is 9.59 Å². The first-order valence-corrected chi connectivity index (χ1v) is 4.79. The quantitative estimate of drug-likeness (QED) is 0.691. The molecule has 0 N–H and O–H groups in total. The summed E-state index contributed by atoms with van der Waals surface area (Å²) in [5, 5.41) is 0. The third kappa shape index (κ3) is 2.43. The van der Waals surface area contributed by atoms with E-state index >= 15 is 0 Å². The molecule has 3 nitrogen and oxygen atoms in total. The fourth-order valence-electron chi connectivity index (χ4n) is 1.53. The summed E-state index contributed by atoms with van der Waals surface area (Å²) < 4.78 is 0. The lowest BCUT2D eigenvalue weighted by molar-refractivity contribution is -0.134. The van der Waals surface area contributed by atoms with Gasteiger partial charge in [-0.3, -0.25) is 9.59 Å².